The van der Waals surface area contributed by atoms with Gasteiger partial charge in [0.25, 0.3) is 0 Å². The van der Waals surface area contributed by atoms with Gasteiger partial charge in [-0.15, -0.1) is 0 Å². The van der Waals surface area contributed by atoms with E-state index in [0.29, 0.717) is 43.7 Å². The molecule has 2 aliphatic rings. The number of sulfonamides is 1. The van der Waals surface area contributed by atoms with Gasteiger partial charge in [-0.1, -0.05) is 17.7 Å². The summed E-state index contributed by atoms with van der Waals surface area (Å²) in [5.74, 6) is -0.273. The number of carbonyl (C=O) groups is 2. The topological polar surface area (TPSA) is 95.6 Å². The first kappa shape index (κ1) is 17.9. The summed E-state index contributed by atoms with van der Waals surface area (Å²) in [6, 6.07) is 6.31. The highest BCUT2D eigenvalue weighted by Gasteiger charge is 2.32. The molecular formula is C17H23N3O4S. The van der Waals surface area contributed by atoms with Crippen molar-refractivity contribution in [3.63, 3.8) is 0 Å². The number of carbonyl (C=O) groups excluding carboxylic acids is 2. The van der Waals surface area contributed by atoms with Crippen molar-refractivity contribution in [2.24, 2.45) is 0 Å². The van der Waals surface area contributed by atoms with E-state index in [1.54, 1.807) is 24.3 Å². The van der Waals surface area contributed by atoms with E-state index in [1.165, 1.54) is 4.31 Å². The van der Waals surface area contributed by atoms with Crippen molar-refractivity contribution >= 4 is 21.8 Å². The molecule has 1 aromatic carbocycles. The molecule has 0 saturated carbocycles. The Kier molecular flexibility index (Phi) is 5.10. The Labute approximate surface area is 147 Å². The van der Waals surface area contributed by atoms with Gasteiger partial charge in [-0.2, -0.15) is 4.31 Å². The molecule has 136 valence electrons. The summed E-state index contributed by atoms with van der Waals surface area (Å²) < 4.78 is 26.8. The third kappa shape index (κ3) is 4.01. The van der Waals surface area contributed by atoms with Gasteiger partial charge in [0, 0.05) is 25.6 Å². The maximum absolute atomic E-state index is 12.7. The number of hydrogen-bond donors (Lipinski definition) is 2. The first-order valence-electron chi connectivity index (χ1n) is 8.53. The maximum atomic E-state index is 12.7. The molecule has 25 heavy (non-hydrogen) atoms. The van der Waals surface area contributed by atoms with Crippen LogP contribution in [0.5, 0.6) is 0 Å². The van der Waals surface area contributed by atoms with Crippen LogP contribution in [0.3, 0.4) is 0 Å². The first-order valence-corrected chi connectivity index (χ1v) is 9.97. The number of benzene rings is 1. The molecule has 1 atom stereocenters. The van der Waals surface area contributed by atoms with Crippen LogP contribution in [0, 0.1) is 6.92 Å². The van der Waals surface area contributed by atoms with Gasteiger partial charge in [-0.05, 0) is 38.3 Å². The standard InChI is InChI=1S/C17H23N3O4S/c1-12-2-4-14(5-3-12)25(23,24)20-10-8-13(9-11-20)18-17(22)15-6-7-16(21)19-15/h2-5,13,15H,6-11H2,1H3,(H,18,22)(H,19,21)/t15-/m1/s1. The largest absolute Gasteiger partial charge is 0.351 e. The van der Waals surface area contributed by atoms with Gasteiger partial charge in [0.1, 0.15) is 6.04 Å². The Bertz CT molecular complexity index is 753. The Balaban J connectivity index is 1.55. The van der Waals surface area contributed by atoms with Gasteiger partial charge in [0.05, 0.1) is 4.90 Å². The molecule has 2 amide bonds. The number of rotatable bonds is 4. The molecule has 2 saturated heterocycles. The minimum atomic E-state index is -3.49. The number of aryl methyl sites for hydroxylation is 1. The molecule has 2 N–H and O–H groups in total. The van der Waals surface area contributed by atoms with E-state index in [-0.39, 0.29) is 17.9 Å². The van der Waals surface area contributed by atoms with E-state index < -0.39 is 16.1 Å². The lowest BCUT2D eigenvalue weighted by atomic mass is 10.1. The second-order valence-electron chi connectivity index (χ2n) is 6.66. The molecule has 3 rings (SSSR count). The third-order valence-electron chi connectivity index (χ3n) is 4.77. The molecule has 0 spiro atoms. The normalized spacial score (nSPS) is 22.6. The van der Waals surface area contributed by atoms with Crippen molar-refractivity contribution in [1.29, 1.82) is 0 Å². The lowest BCUT2D eigenvalue weighted by Crippen LogP contribution is -2.50. The van der Waals surface area contributed by atoms with E-state index >= 15 is 0 Å². The second-order valence-corrected chi connectivity index (χ2v) is 8.60. The monoisotopic (exact) mass is 365 g/mol. The van der Waals surface area contributed by atoms with Gasteiger partial charge in [-0.25, -0.2) is 8.42 Å². The summed E-state index contributed by atoms with van der Waals surface area (Å²) in [5, 5.41) is 5.57. The van der Waals surface area contributed by atoms with E-state index in [0.717, 1.165) is 5.56 Å². The molecule has 7 nitrogen and oxygen atoms in total. The van der Waals surface area contributed by atoms with Crippen molar-refractivity contribution in [1.82, 2.24) is 14.9 Å². The number of amides is 2. The van der Waals surface area contributed by atoms with Crippen molar-refractivity contribution in [2.75, 3.05) is 13.1 Å². The van der Waals surface area contributed by atoms with Crippen molar-refractivity contribution in [3.05, 3.63) is 29.8 Å². The van der Waals surface area contributed by atoms with Crippen LogP contribution in [0.1, 0.15) is 31.2 Å². The fraction of sp³-hybridized carbons (Fsp3) is 0.529. The van der Waals surface area contributed by atoms with Crippen LogP contribution in [0.25, 0.3) is 0 Å². The van der Waals surface area contributed by atoms with Crippen LogP contribution < -0.4 is 10.6 Å². The second kappa shape index (κ2) is 7.13. The molecular weight excluding hydrogens is 342 g/mol. The van der Waals surface area contributed by atoms with Crippen LogP contribution in [0.4, 0.5) is 0 Å². The van der Waals surface area contributed by atoms with Crippen LogP contribution in [-0.2, 0) is 19.6 Å². The third-order valence-corrected chi connectivity index (χ3v) is 6.68. The van der Waals surface area contributed by atoms with Gasteiger partial charge in [0.2, 0.25) is 21.8 Å². The number of hydrogen-bond acceptors (Lipinski definition) is 4. The summed E-state index contributed by atoms with van der Waals surface area (Å²) in [6.45, 7) is 2.66. The number of piperidine rings is 1. The number of nitrogens with one attached hydrogen (secondary N) is 2. The molecule has 0 radical (unpaired) electrons. The maximum Gasteiger partial charge on any atom is 0.243 e. The molecule has 0 bridgehead atoms. The highest BCUT2D eigenvalue weighted by Crippen LogP contribution is 2.21. The molecule has 2 heterocycles. The molecule has 1 aromatic rings. The molecule has 2 fully saturated rings. The zero-order chi connectivity index (χ0) is 18.0. The molecule has 8 heteroatoms. The van der Waals surface area contributed by atoms with Crippen LogP contribution >= 0.6 is 0 Å². The molecule has 0 aliphatic carbocycles. The average Bonchev–Trinajstić information content (AvgIpc) is 3.02. The van der Waals surface area contributed by atoms with Crippen molar-refractivity contribution in [2.45, 2.75) is 49.6 Å². The van der Waals surface area contributed by atoms with Crippen LogP contribution in [-0.4, -0.2) is 49.7 Å². The van der Waals surface area contributed by atoms with Gasteiger partial charge >= 0.3 is 0 Å². The van der Waals surface area contributed by atoms with Crippen LogP contribution in [0.15, 0.2) is 29.2 Å². The van der Waals surface area contributed by atoms with E-state index in [4.69, 9.17) is 0 Å². The lowest BCUT2D eigenvalue weighted by molar-refractivity contribution is -0.126. The fourth-order valence-electron chi connectivity index (χ4n) is 3.21. The van der Waals surface area contributed by atoms with E-state index in [2.05, 4.69) is 10.6 Å². The lowest BCUT2D eigenvalue weighted by Gasteiger charge is -2.32. The van der Waals surface area contributed by atoms with Crippen LogP contribution in [0.2, 0.25) is 0 Å². The highest BCUT2D eigenvalue weighted by atomic mass is 32.2. The Morgan fingerprint density at radius 1 is 1.16 bits per heavy atom. The predicted molar refractivity (Wildman–Crippen MR) is 92.3 cm³/mol. The minimum Gasteiger partial charge on any atom is -0.351 e. The predicted octanol–water partition coefficient (Wildman–Crippen LogP) is 0.543. The van der Waals surface area contributed by atoms with E-state index in [9.17, 15) is 18.0 Å². The Hall–Kier alpha value is -1.93. The quantitative estimate of drug-likeness (QED) is 0.814. The SMILES string of the molecule is Cc1ccc(S(=O)(=O)N2CCC(NC(=O)[C@H]3CCC(=O)N3)CC2)cc1. The summed E-state index contributed by atoms with van der Waals surface area (Å²) in [4.78, 5) is 23.6. The van der Waals surface area contributed by atoms with Crippen molar-refractivity contribution < 1.29 is 18.0 Å². The first-order chi connectivity index (χ1) is 11.9. The van der Waals surface area contributed by atoms with E-state index in [1.807, 2.05) is 6.92 Å². The van der Waals surface area contributed by atoms with Gasteiger partial charge in [0.15, 0.2) is 0 Å². The smallest absolute Gasteiger partial charge is 0.243 e. The molecule has 0 aromatic heterocycles. The highest BCUT2D eigenvalue weighted by molar-refractivity contribution is 7.89. The van der Waals surface area contributed by atoms with Crippen molar-refractivity contribution in [3.8, 4) is 0 Å². The van der Waals surface area contributed by atoms with Gasteiger partial charge in [-0.3, -0.25) is 9.59 Å². The zero-order valence-corrected chi connectivity index (χ0v) is 15.0. The Morgan fingerprint density at radius 3 is 2.36 bits per heavy atom. The fourth-order valence-corrected chi connectivity index (χ4v) is 4.68. The molecule has 0 unspecified atom stereocenters. The summed E-state index contributed by atoms with van der Waals surface area (Å²) in [6.07, 6.45) is 2.03. The Morgan fingerprint density at radius 2 is 1.80 bits per heavy atom. The average molecular weight is 365 g/mol. The zero-order valence-electron chi connectivity index (χ0n) is 14.2. The summed E-state index contributed by atoms with van der Waals surface area (Å²) >= 11 is 0. The number of nitrogens with zero attached hydrogens (tertiary/aromatic N) is 1. The summed E-state index contributed by atoms with van der Waals surface area (Å²) in [7, 11) is -3.49. The molecule has 2 aliphatic heterocycles. The van der Waals surface area contributed by atoms with Gasteiger partial charge < -0.3 is 10.6 Å². The minimum absolute atomic E-state index is 0.0607. The summed E-state index contributed by atoms with van der Waals surface area (Å²) in [5.41, 5.74) is 1.01.